The van der Waals surface area contributed by atoms with Gasteiger partial charge in [0, 0.05) is 11.6 Å². The minimum Gasteiger partial charge on any atom is -0.350 e. The summed E-state index contributed by atoms with van der Waals surface area (Å²) in [6.45, 7) is 1.17. The molecular formula is C25H19ClF3N3O3. The average Bonchev–Trinajstić information content (AvgIpc) is 2.82. The molecule has 0 aliphatic rings. The molecule has 0 aliphatic carbocycles. The standard InChI is InChI=1S/C25H19ClF3N3O3/c1-15-9-10-18(12-20(15)26)32-23(34)19-7-2-3-8-21(19)31(24(32)35)14-22(33)30-13-16-5-4-6-17(11-16)25(27,28)29/h2-12H,13-14H2,1H3,(H,30,33). The number of hydrogen-bond acceptors (Lipinski definition) is 3. The lowest BCUT2D eigenvalue weighted by molar-refractivity contribution is -0.137. The molecule has 4 rings (SSSR count). The fourth-order valence-corrected chi connectivity index (χ4v) is 3.85. The summed E-state index contributed by atoms with van der Waals surface area (Å²) in [6, 6.07) is 15.7. The molecule has 3 aromatic carbocycles. The fourth-order valence-electron chi connectivity index (χ4n) is 3.68. The van der Waals surface area contributed by atoms with Gasteiger partial charge < -0.3 is 5.32 Å². The van der Waals surface area contributed by atoms with Gasteiger partial charge in [0.25, 0.3) is 5.56 Å². The maximum Gasteiger partial charge on any atom is 0.416 e. The van der Waals surface area contributed by atoms with Gasteiger partial charge in [0.2, 0.25) is 5.91 Å². The van der Waals surface area contributed by atoms with E-state index in [0.29, 0.717) is 5.02 Å². The zero-order valence-electron chi connectivity index (χ0n) is 18.4. The van der Waals surface area contributed by atoms with Crippen LogP contribution < -0.4 is 16.6 Å². The molecule has 0 saturated carbocycles. The first kappa shape index (κ1) is 24.3. The Morgan fingerprint density at radius 1 is 1.00 bits per heavy atom. The number of hydrogen-bond donors (Lipinski definition) is 1. The van der Waals surface area contributed by atoms with E-state index in [9.17, 15) is 27.6 Å². The zero-order chi connectivity index (χ0) is 25.3. The Morgan fingerprint density at radius 3 is 2.46 bits per heavy atom. The second-order valence-electron chi connectivity index (χ2n) is 7.93. The van der Waals surface area contributed by atoms with Crippen LogP contribution in [0.3, 0.4) is 0 Å². The van der Waals surface area contributed by atoms with E-state index in [1.807, 2.05) is 0 Å². The Morgan fingerprint density at radius 2 is 1.74 bits per heavy atom. The Bertz CT molecular complexity index is 1560. The van der Waals surface area contributed by atoms with E-state index < -0.39 is 35.4 Å². The topological polar surface area (TPSA) is 73.1 Å². The first-order valence-corrected chi connectivity index (χ1v) is 10.9. The van der Waals surface area contributed by atoms with Gasteiger partial charge in [-0.2, -0.15) is 13.2 Å². The summed E-state index contributed by atoms with van der Waals surface area (Å²) in [5, 5.41) is 3.12. The molecule has 0 atom stereocenters. The molecule has 1 amide bonds. The van der Waals surface area contributed by atoms with Crippen LogP contribution in [0.5, 0.6) is 0 Å². The van der Waals surface area contributed by atoms with E-state index in [1.54, 1.807) is 43.3 Å². The van der Waals surface area contributed by atoms with Crippen molar-refractivity contribution in [3.8, 4) is 5.69 Å². The van der Waals surface area contributed by atoms with Crippen molar-refractivity contribution in [3.63, 3.8) is 0 Å². The van der Waals surface area contributed by atoms with Gasteiger partial charge in [0.1, 0.15) is 6.54 Å². The summed E-state index contributed by atoms with van der Waals surface area (Å²) in [5.41, 5.74) is -0.613. The van der Waals surface area contributed by atoms with Gasteiger partial charge in [-0.05, 0) is 54.4 Å². The molecule has 0 bridgehead atoms. The van der Waals surface area contributed by atoms with E-state index in [2.05, 4.69) is 5.32 Å². The largest absolute Gasteiger partial charge is 0.416 e. The van der Waals surface area contributed by atoms with Crippen LogP contribution in [0.1, 0.15) is 16.7 Å². The third-order valence-corrected chi connectivity index (χ3v) is 5.92. The molecular weight excluding hydrogens is 483 g/mol. The van der Waals surface area contributed by atoms with Gasteiger partial charge in [-0.25, -0.2) is 9.36 Å². The maximum atomic E-state index is 13.3. The molecule has 35 heavy (non-hydrogen) atoms. The lowest BCUT2D eigenvalue weighted by Gasteiger charge is -2.15. The predicted octanol–water partition coefficient (Wildman–Crippen LogP) is 4.45. The highest BCUT2D eigenvalue weighted by molar-refractivity contribution is 6.31. The number of rotatable bonds is 5. The van der Waals surface area contributed by atoms with Crippen molar-refractivity contribution in [2.45, 2.75) is 26.2 Å². The smallest absolute Gasteiger partial charge is 0.350 e. The van der Waals surface area contributed by atoms with Crippen molar-refractivity contribution < 1.29 is 18.0 Å². The lowest BCUT2D eigenvalue weighted by atomic mass is 10.1. The molecule has 1 aromatic heterocycles. The van der Waals surface area contributed by atoms with Crippen LogP contribution in [0.4, 0.5) is 13.2 Å². The number of alkyl halides is 3. The van der Waals surface area contributed by atoms with Crippen LogP contribution in [0.25, 0.3) is 16.6 Å². The Labute approximate surface area is 202 Å². The number of amides is 1. The third-order valence-electron chi connectivity index (χ3n) is 5.51. The zero-order valence-corrected chi connectivity index (χ0v) is 19.2. The van der Waals surface area contributed by atoms with E-state index in [1.165, 1.54) is 18.2 Å². The van der Waals surface area contributed by atoms with Crippen molar-refractivity contribution in [2.24, 2.45) is 0 Å². The van der Waals surface area contributed by atoms with Crippen LogP contribution in [0, 0.1) is 6.92 Å². The highest BCUT2D eigenvalue weighted by Gasteiger charge is 2.30. The van der Waals surface area contributed by atoms with Crippen molar-refractivity contribution in [2.75, 3.05) is 0 Å². The van der Waals surface area contributed by atoms with E-state index in [0.717, 1.165) is 26.8 Å². The number of benzene rings is 3. The van der Waals surface area contributed by atoms with Crippen LogP contribution in [0.15, 0.2) is 76.3 Å². The van der Waals surface area contributed by atoms with Crippen LogP contribution >= 0.6 is 11.6 Å². The number of carbonyl (C=O) groups is 1. The Balaban J connectivity index is 1.69. The quantitative estimate of drug-likeness (QED) is 0.439. The summed E-state index contributed by atoms with van der Waals surface area (Å²) in [7, 11) is 0. The molecule has 4 aromatic rings. The molecule has 0 unspecified atom stereocenters. The molecule has 0 radical (unpaired) electrons. The summed E-state index contributed by atoms with van der Waals surface area (Å²) in [6.07, 6.45) is -4.50. The fraction of sp³-hybridized carbons (Fsp3) is 0.160. The summed E-state index contributed by atoms with van der Waals surface area (Å²) < 4.78 is 40.9. The lowest BCUT2D eigenvalue weighted by Crippen LogP contribution is -2.41. The molecule has 1 N–H and O–H groups in total. The van der Waals surface area contributed by atoms with Crippen LogP contribution in [-0.4, -0.2) is 15.0 Å². The molecule has 1 heterocycles. The van der Waals surface area contributed by atoms with Gasteiger partial charge >= 0.3 is 11.9 Å². The Hall–Kier alpha value is -3.85. The third kappa shape index (κ3) is 5.00. The number of aryl methyl sites for hydroxylation is 1. The van der Waals surface area contributed by atoms with Crippen LogP contribution in [-0.2, 0) is 24.1 Å². The van der Waals surface area contributed by atoms with Gasteiger partial charge in [-0.3, -0.25) is 14.2 Å². The molecule has 0 saturated heterocycles. The monoisotopic (exact) mass is 501 g/mol. The average molecular weight is 502 g/mol. The summed E-state index contributed by atoms with van der Waals surface area (Å²) in [4.78, 5) is 39.2. The molecule has 10 heteroatoms. The number of halogens is 4. The minimum atomic E-state index is -4.50. The number of aromatic nitrogens is 2. The van der Waals surface area contributed by atoms with Crippen LogP contribution in [0.2, 0.25) is 5.02 Å². The normalized spacial score (nSPS) is 11.6. The van der Waals surface area contributed by atoms with E-state index in [4.69, 9.17) is 11.6 Å². The number of carbonyl (C=O) groups excluding carboxylic acids is 1. The van der Waals surface area contributed by atoms with Gasteiger partial charge in [-0.1, -0.05) is 41.9 Å². The molecule has 6 nitrogen and oxygen atoms in total. The molecule has 0 aliphatic heterocycles. The first-order valence-electron chi connectivity index (χ1n) is 10.5. The number of fused-ring (bicyclic) bond motifs is 1. The highest BCUT2D eigenvalue weighted by atomic mass is 35.5. The van der Waals surface area contributed by atoms with Gasteiger partial charge in [0.15, 0.2) is 0 Å². The minimum absolute atomic E-state index is 0.164. The van der Waals surface area contributed by atoms with Crippen molar-refractivity contribution in [1.29, 1.82) is 0 Å². The van der Waals surface area contributed by atoms with E-state index in [-0.39, 0.29) is 28.7 Å². The second kappa shape index (κ2) is 9.42. The molecule has 180 valence electrons. The highest BCUT2D eigenvalue weighted by Crippen LogP contribution is 2.29. The number of nitrogens with zero attached hydrogens (tertiary/aromatic N) is 2. The second-order valence-corrected chi connectivity index (χ2v) is 8.34. The Kier molecular flexibility index (Phi) is 6.53. The van der Waals surface area contributed by atoms with Gasteiger partial charge in [-0.15, -0.1) is 0 Å². The number of para-hydroxylation sites is 1. The number of nitrogens with one attached hydrogen (secondary N) is 1. The predicted molar refractivity (Wildman–Crippen MR) is 127 cm³/mol. The summed E-state index contributed by atoms with van der Waals surface area (Å²) >= 11 is 6.19. The van der Waals surface area contributed by atoms with E-state index >= 15 is 0 Å². The SMILES string of the molecule is Cc1ccc(-n2c(=O)c3ccccc3n(CC(=O)NCc3cccc(C(F)(F)F)c3)c2=O)cc1Cl. The van der Waals surface area contributed by atoms with Crippen molar-refractivity contribution in [3.05, 3.63) is 109 Å². The molecule has 0 spiro atoms. The van der Waals surface area contributed by atoms with Crippen molar-refractivity contribution in [1.82, 2.24) is 14.5 Å². The van der Waals surface area contributed by atoms with Gasteiger partial charge in [0.05, 0.1) is 22.2 Å². The van der Waals surface area contributed by atoms with Crippen molar-refractivity contribution >= 4 is 28.4 Å². The maximum absolute atomic E-state index is 13.3. The first-order chi connectivity index (χ1) is 16.6. The summed E-state index contributed by atoms with van der Waals surface area (Å²) in [5.74, 6) is -0.609. The molecule has 0 fully saturated rings.